The van der Waals surface area contributed by atoms with Gasteiger partial charge in [-0.25, -0.2) is 0 Å². The summed E-state index contributed by atoms with van der Waals surface area (Å²) in [4.78, 5) is 21.5. The zero-order valence-corrected chi connectivity index (χ0v) is 9.34. The van der Waals surface area contributed by atoms with Crippen LogP contribution in [0.2, 0.25) is 0 Å². The molecule has 1 aromatic rings. The van der Waals surface area contributed by atoms with Crippen LogP contribution in [0.1, 0.15) is 17.0 Å². The fourth-order valence-electron chi connectivity index (χ4n) is 1.44. The Morgan fingerprint density at radius 1 is 1.59 bits per heavy atom. The molecule has 0 heterocycles. The van der Waals surface area contributed by atoms with Gasteiger partial charge >= 0.3 is 5.97 Å². The lowest BCUT2D eigenvalue weighted by molar-refractivity contribution is -0.385. The van der Waals surface area contributed by atoms with Crippen molar-refractivity contribution in [3.8, 4) is 6.07 Å². The summed E-state index contributed by atoms with van der Waals surface area (Å²) in [6.45, 7) is 1.72. The molecule has 1 unspecified atom stereocenters. The van der Waals surface area contributed by atoms with Crippen LogP contribution >= 0.6 is 0 Å². The van der Waals surface area contributed by atoms with Gasteiger partial charge in [0.2, 0.25) is 0 Å². The van der Waals surface area contributed by atoms with Crippen molar-refractivity contribution in [3.05, 3.63) is 39.4 Å². The van der Waals surface area contributed by atoms with Gasteiger partial charge in [-0.1, -0.05) is 11.6 Å². The zero-order chi connectivity index (χ0) is 13.0. The molecule has 0 aliphatic rings. The van der Waals surface area contributed by atoms with E-state index in [0.29, 0.717) is 0 Å². The van der Waals surface area contributed by atoms with Gasteiger partial charge in [0.1, 0.15) is 0 Å². The van der Waals surface area contributed by atoms with Crippen LogP contribution in [0.3, 0.4) is 0 Å². The maximum absolute atomic E-state index is 11.4. The van der Waals surface area contributed by atoms with Crippen molar-refractivity contribution in [3.63, 3.8) is 0 Å². The van der Waals surface area contributed by atoms with E-state index in [4.69, 9.17) is 5.26 Å². The van der Waals surface area contributed by atoms with Crippen LogP contribution in [-0.2, 0) is 9.53 Å². The highest BCUT2D eigenvalue weighted by molar-refractivity contribution is 5.82. The predicted molar refractivity (Wildman–Crippen MR) is 58.2 cm³/mol. The molecule has 0 spiro atoms. The topological polar surface area (TPSA) is 93.2 Å². The van der Waals surface area contributed by atoms with Crippen molar-refractivity contribution in [2.75, 3.05) is 7.11 Å². The lowest BCUT2D eigenvalue weighted by Crippen LogP contribution is -2.14. The molecular weight excluding hydrogens is 224 g/mol. The third-order valence-corrected chi connectivity index (χ3v) is 2.26. The highest BCUT2D eigenvalue weighted by Gasteiger charge is 2.28. The molecule has 0 bridgehead atoms. The number of carbonyl (C=O) groups is 1. The fourth-order valence-corrected chi connectivity index (χ4v) is 1.44. The van der Waals surface area contributed by atoms with Crippen LogP contribution in [0.5, 0.6) is 0 Å². The van der Waals surface area contributed by atoms with Crippen molar-refractivity contribution in [2.45, 2.75) is 12.8 Å². The average Bonchev–Trinajstić information content (AvgIpc) is 2.29. The molecule has 1 rings (SSSR count). The number of hydrogen-bond acceptors (Lipinski definition) is 5. The van der Waals surface area contributed by atoms with Crippen LogP contribution in [0, 0.1) is 28.4 Å². The van der Waals surface area contributed by atoms with Crippen molar-refractivity contribution >= 4 is 11.7 Å². The smallest absolute Gasteiger partial charge is 0.327 e. The van der Waals surface area contributed by atoms with Gasteiger partial charge in [-0.05, 0) is 13.0 Å². The molecule has 0 aliphatic carbocycles. The van der Waals surface area contributed by atoms with Gasteiger partial charge in [-0.2, -0.15) is 5.26 Å². The maximum Gasteiger partial charge on any atom is 0.327 e. The van der Waals surface area contributed by atoms with Crippen molar-refractivity contribution in [1.82, 2.24) is 0 Å². The normalized spacial score (nSPS) is 11.4. The highest BCUT2D eigenvalue weighted by atomic mass is 16.6. The monoisotopic (exact) mass is 234 g/mol. The van der Waals surface area contributed by atoms with Crippen LogP contribution in [-0.4, -0.2) is 18.0 Å². The Bertz CT molecular complexity index is 505. The van der Waals surface area contributed by atoms with E-state index in [9.17, 15) is 14.9 Å². The molecule has 6 nitrogen and oxygen atoms in total. The van der Waals surface area contributed by atoms with Gasteiger partial charge < -0.3 is 4.74 Å². The number of rotatable bonds is 3. The van der Waals surface area contributed by atoms with E-state index < -0.39 is 16.8 Å². The Morgan fingerprint density at radius 2 is 2.24 bits per heavy atom. The van der Waals surface area contributed by atoms with Gasteiger partial charge in [-0.15, -0.1) is 0 Å². The first kappa shape index (κ1) is 12.6. The quantitative estimate of drug-likeness (QED) is 0.450. The second-order valence-corrected chi connectivity index (χ2v) is 3.40. The second kappa shape index (κ2) is 5.07. The molecule has 0 saturated heterocycles. The molecule has 0 fully saturated rings. The van der Waals surface area contributed by atoms with Crippen molar-refractivity contribution in [1.29, 1.82) is 5.26 Å². The van der Waals surface area contributed by atoms with Gasteiger partial charge in [0.15, 0.2) is 5.92 Å². The summed E-state index contributed by atoms with van der Waals surface area (Å²) in [6, 6.07) is 5.98. The van der Waals surface area contributed by atoms with E-state index in [0.717, 1.165) is 12.7 Å². The van der Waals surface area contributed by atoms with Gasteiger partial charge in [0, 0.05) is 6.07 Å². The summed E-state index contributed by atoms with van der Waals surface area (Å²) in [7, 11) is 1.13. The SMILES string of the molecule is COC(=O)C(C#N)c1cc(C)ccc1[N+](=O)[O-]. The Hall–Kier alpha value is -2.42. The number of hydrogen-bond donors (Lipinski definition) is 0. The predicted octanol–water partition coefficient (Wildman–Crippen LogP) is 1.68. The molecule has 0 radical (unpaired) electrons. The molecular formula is C11H10N2O4. The molecule has 0 N–H and O–H groups in total. The van der Waals surface area contributed by atoms with Crippen LogP contribution < -0.4 is 0 Å². The number of benzene rings is 1. The van der Waals surface area contributed by atoms with E-state index >= 15 is 0 Å². The third kappa shape index (κ3) is 2.58. The summed E-state index contributed by atoms with van der Waals surface area (Å²) in [5.41, 5.74) is 0.534. The number of nitrogens with zero attached hydrogens (tertiary/aromatic N) is 2. The van der Waals surface area contributed by atoms with E-state index in [1.165, 1.54) is 12.1 Å². The molecule has 17 heavy (non-hydrogen) atoms. The highest BCUT2D eigenvalue weighted by Crippen LogP contribution is 2.28. The number of ether oxygens (including phenoxy) is 1. The summed E-state index contributed by atoms with van der Waals surface area (Å²) < 4.78 is 4.45. The van der Waals surface area contributed by atoms with Gasteiger partial charge in [-0.3, -0.25) is 14.9 Å². The summed E-state index contributed by atoms with van der Waals surface area (Å²) in [5.74, 6) is -2.08. The number of nitro benzene ring substituents is 1. The van der Waals surface area contributed by atoms with Crippen molar-refractivity contribution in [2.24, 2.45) is 0 Å². The summed E-state index contributed by atoms with van der Waals surface area (Å²) in [6.07, 6.45) is 0. The van der Waals surface area contributed by atoms with Gasteiger partial charge in [0.05, 0.1) is 23.7 Å². The molecule has 0 saturated carbocycles. The number of esters is 1. The molecule has 6 heteroatoms. The van der Waals surface area contributed by atoms with Crippen LogP contribution in [0.15, 0.2) is 18.2 Å². The third-order valence-electron chi connectivity index (χ3n) is 2.26. The first-order chi connectivity index (χ1) is 8.01. The lowest BCUT2D eigenvalue weighted by atomic mass is 9.97. The average molecular weight is 234 g/mol. The standard InChI is InChI=1S/C11H10N2O4/c1-7-3-4-10(13(15)16)8(5-7)9(6-12)11(14)17-2/h3-5,9H,1-2H3. The minimum absolute atomic E-state index is 0.0596. The van der Waals surface area contributed by atoms with E-state index in [2.05, 4.69) is 4.74 Å². The molecule has 1 aromatic carbocycles. The fraction of sp³-hybridized carbons (Fsp3) is 0.273. The number of nitro groups is 1. The van der Waals surface area contributed by atoms with Crippen LogP contribution in [0.25, 0.3) is 0 Å². The van der Waals surface area contributed by atoms with Crippen molar-refractivity contribution < 1.29 is 14.5 Å². The lowest BCUT2D eigenvalue weighted by Gasteiger charge is -2.08. The number of methoxy groups -OCH3 is 1. The minimum Gasteiger partial charge on any atom is -0.468 e. The van der Waals surface area contributed by atoms with Gasteiger partial charge in [0.25, 0.3) is 5.69 Å². The van der Waals surface area contributed by atoms with E-state index in [1.54, 1.807) is 19.1 Å². The van der Waals surface area contributed by atoms with Crippen LogP contribution in [0.4, 0.5) is 5.69 Å². The number of nitriles is 1. The molecule has 0 amide bonds. The minimum atomic E-state index is -1.28. The van der Waals surface area contributed by atoms with E-state index in [1.807, 2.05) is 0 Å². The summed E-state index contributed by atoms with van der Waals surface area (Å²) in [5, 5.41) is 19.7. The Morgan fingerprint density at radius 3 is 2.71 bits per heavy atom. The summed E-state index contributed by atoms with van der Waals surface area (Å²) >= 11 is 0. The molecule has 0 aliphatic heterocycles. The van der Waals surface area contributed by atoms with E-state index in [-0.39, 0.29) is 11.3 Å². The molecule has 1 atom stereocenters. The Balaban J connectivity index is 3.37. The Labute approximate surface area is 97.6 Å². The zero-order valence-electron chi connectivity index (χ0n) is 9.34. The Kier molecular flexibility index (Phi) is 3.78. The largest absolute Gasteiger partial charge is 0.468 e. The second-order valence-electron chi connectivity index (χ2n) is 3.40. The number of aryl methyl sites for hydroxylation is 1. The molecule has 0 aromatic heterocycles. The first-order valence-corrected chi connectivity index (χ1v) is 4.73. The number of carbonyl (C=O) groups excluding carboxylic acids is 1. The maximum atomic E-state index is 11.4. The first-order valence-electron chi connectivity index (χ1n) is 4.73. The molecule has 88 valence electrons.